The van der Waals surface area contributed by atoms with E-state index in [-0.39, 0.29) is 6.10 Å². The van der Waals surface area contributed by atoms with Gasteiger partial charge in [0.15, 0.2) is 0 Å². The van der Waals surface area contributed by atoms with Gasteiger partial charge in [0.05, 0.1) is 25.2 Å². The molecule has 0 aliphatic carbocycles. The average molecular weight is 294 g/mol. The number of nitrogens with zero attached hydrogens (tertiary/aromatic N) is 2. The zero-order valence-corrected chi connectivity index (χ0v) is 12.2. The number of hydrogen-bond acceptors (Lipinski definition) is 4. The van der Waals surface area contributed by atoms with Crippen LogP contribution in [0.5, 0.6) is 0 Å². The van der Waals surface area contributed by atoms with Crippen LogP contribution in [0, 0.1) is 0 Å². The molecule has 1 heterocycles. The molecule has 0 spiro atoms. The van der Waals surface area contributed by atoms with Crippen molar-refractivity contribution in [2.24, 2.45) is 0 Å². The van der Waals surface area contributed by atoms with E-state index in [4.69, 9.17) is 4.18 Å². The lowest BCUT2D eigenvalue weighted by Gasteiger charge is -2.16. The van der Waals surface area contributed by atoms with E-state index in [1.54, 1.807) is 18.7 Å². The molecule has 2 rings (SSSR count). The summed E-state index contributed by atoms with van der Waals surface area (Å²) in [5, 5.41) is 0. The summed E-state index contributed by atoms with van der Waals surface area (Å²) in [6, 6.07) is 9.94. The summed E-state index contributed by atoms with van der Waals surface area (Å²) in [4.78, 5) is 3.95. The maximum atomic E-state index is 11.3. The average Bonchev–Trinajstić information content (AvgIpc) is 2.88. The first-order chi connectivity index (χ1) is 9.53. The Bertz CT molecular complexity index is 609. The molecular formula is C14H18N2O3S. The van der Waals surface area contributed by atoms with Crippen LogP contribution < -0.4 is 0 Å². The highest BCUT2D eigenvalue weighted by Crippen LogP contribution is 2.11. The van der Waals surface area contributed by atoms with Crippen molar-refractivity contribution in [2.45, 2.75) is 25.5 Å². The van der Waals surface area contributed by atoms with Gasteiger partial charge in [0, 0.05) is 12.4 Å². The van der Waals surface area contributed by atoms with Gasteiger partial charge in [-0.05, 0) is 18.4 Å². The zero-order valence-electron chi connectivity index (χ0n) is 11.3. The number of imidazole rings is 1. The monoisotopic (exact) mass is 294 g/mol. The van der Waals surface area contributed by atoms with Gasteiger partial charge in [-0.15, -0.1) is 0 Å². The van der Waals surface area contributed by atoms with Gasteiger partial charge in [0.25, 0.3) is 10.1 Å². The third-order valence-electron chi connectivity index (χ3n) is 2.88. The molecule has 1 unspecified atom stereocenters. The lowest BCUT2D eigenvalue weighted by Crippen LogP contribution is -2.23. The fourth-order valence-corrected chi connectivity index (χ4v) is 2.67. The molecule has 5 nitrogen and oxygen atoms in total. The highest BCUT2D eigenvalue weighted by Gasteiger charge is 2.16. The standard InChI is InChI=1S/C14H18N2O3S/c1-20(17,18)19-14(11-16-10-9-15-12-16)8-7-13-5-3-2-4-6-13/h2-6,9-10,12,14H,7-8,11H2,1H3. The lowest BCUT2D eigenvalue weighted by atomic mass is 10.1. The minimum atomic E-state index is -3.46. The van der Waals surface area contributed by atoms with Gasteiger partial charge in [0.2, 0.25) is 0 Å². The van der Waals surface area contributed by atoms with E-state index in [0.717, 1.165) is 12.7 Å². The molecule has 1 aromatic heterocycles. The molecule has 1 atom stereocenters. The number of hydrogen-bond donors (Lipinski definition) is 0. The fraction of sp³-hybridized carbons (Fsp3) is 0.357. The van der Waals surface area contributed by atoms with Crippen molar-refractivity contribution in [3.63, 3.8) is 0 Å². The smallest absolute Gasteiger partial charge is 0.264 e. The summed E-state index contributed by atoms with van der Waals surface area (Å²) in [5.41, 5.74) is 1.17. The molecule has 0 amide bonds. The highest BCUT2D eigenvalue weighted by molar-refractivity contribution is 7.86. The number of benzene rings is 1. The fourth-order valence-electron chi connectivity index (χ4n) is 2.02. The molecule has 0 saturated heterocycles. The summed E-state index contributed by atoms with van der Waals surface area (Å²) in [6.45, 7) is 0.472. The summed E-state index contributed by atoms with van der Waals surface area (Å²) < 4.78 is 29.6. The molecule has 0 saturated carbocycles. The van der Waals surface area contributed by atoms with Crippen LogP contribution in [-0.4, -0.2) is 30.3 Å². The molecule has 0 aliphatic heterocycles. The Labute approximate surface area is 119 Å². The van der Waals surface area contributed by atoms with E-state index in [2.05, 4.69) is 4.98 Å². The second-order valence-electron chi connectivity index (χ2n) is 4.71. The Hall–Kier alpha value is -1.66. The normalized spacial score (nSPS) is 13.2. The van der Waals surface area contributed by atoms with Crippen LogP contribution in [0.15, 0.2) is 49.1 Å². The van der Waals surface area contributed by atoms with E-state index in [1.807, 2.05) is 34.9 Å². The van der Waals surface area contributed by atoms with Crippen molar-refractivity contribution in [3.8, 4) is 0 Å². The molecular weight excluding hydrogens is 276 g/mol. The van der Waals surface area contributed by atoms with Crippen LogP contribution in [0.2, 0.25) is 0 Å². The number of aromatic nitrogens is 2. The van der Waals surface area contributed by atoms with Crippen LogP contribution in [0.1, 0.15) is 12.0 Å². The summed E-state index contributed by atoms with van der Waals surface area (Å²) in [6.07, 6.45) is 7.21. The summed E-state index contributed by atoms with van der Waals surface area (Å²) in [5.74, 6) is 0. The van der Waals surface area contributed by atoms with Crippen LogP contribution in [0.3, 0.4) is 0 Å². The largest absolute Gasteiger partial charge is 0.335 e. The van der Waals surface area contributed by atoms with Gasteiger partial charge in [-0.25, -0.2) is 4.98 Å². The van der Waals surface area contributed by atoms with Crippen LogP contribution in [-0.2, 0) is 27.3 Å². The topological polar surface area (TPSA) is 61.2 Å². The van der Waals surface area contributed by atoms with Crippen LogP contribution in [0.4, 0.5) is 0 Å². The Morgan fingerprint density at radius 2 is 2.05 bits per heavy atom. The second kappa shape index (κ2) is 6.67. The third-order valence-corrected chi connectivity index (χ3v) is 3.50. The van der Waals surface area contributed by atoms with Gasteiger partial charge in [0.1, 0.15) is 0 Å². The number of aryl methyl sites for hydroxylation is 1. The second-order valence-corrected chi connectivity index (χ2v) is 6.31. The van der Waals surface area contributed by atoms with Crippen molar-refractivity contribution >= 4 is 10.1 Å². The van der Waals surface area contributed by atoms with Crippen molar-refractivity contribution < 1.29 is 12.6 Å². The van der Waals surface area contributed by atoms with Crippen molar-refractivity contribution in [1.29, 1.82) is 0 Å². The molecule has 20 heavy (non-hydrogen) atoms. The van der Waals surface area contributed by atoms with E-state index < -0.39 is 10.1 Å². The molecule has 108 valence electrons. The minimum Gasteiger partial charge on any atom is -0.335 e. The molecule has 0 aliphatic rings. The first-order valence-electron chi connectivity index (χ1n) is 6.41. The minimum absolute atomic E-state index is 0.389. The number of rotatable bonds is 7. The lowest BCUT2D eigenvalue weighted by molar-refractivity contribution is 0.180. The molecule has 1 aromatic carbocycles. The van der Waals surface area contributed by atoms with Crippen molar-refractivity contribution in [2.75, 3.05) is 6.26 Å². The molecule has 0 bridgehead atoms. The van der Waals surface area contributed by atoms with Gasteiger partial charge >= 0.3 is 0 Å². The Kier molecular flexibility index (Phi) is 4.92. The van der Waals surface area contributed by atoms with Gasteiger partial charge in [-0.1, -0.05) is 30.3 Å². The summed E-state index contributed by atoms with van der Waals surface area (Å²) in [7, 11) is -3.46. The maximum absolute atomic E-state index is 11.3. The first-order valence-corrected chi connectivity index (χ1v) is 8.22. The Morgan fingerprint density at radius 1 is 1.30 bits per heavy atom. The van der Waals surface area contributed by atoms with Gasteiger partial charge in [-0.3, -0.25) is 4.18 Å². The molecule has 6 heteroatoms. The molecule has 0 fully saturated rings. The van der Waals surface area contributed by atoms with E-state index in [1.165, 1.54) is 5.56 Å². The Balaban J connectivity index is 1.99. The molecule has 0 N–H and O–H groups in total. The third kappa shape index (κ3) is 5.14. The molecule has 2 aromatic rings. The van der Waals surface area contributed by atoms with E-state index >= 15 is 0 Å². The zero-order chi connectivity index (χ0) is 14.4. The van der Waals surface area contributed by atoms with Crippen molar-refractivity contribution in [1.82, 2.24) is 9.55 Å². The SMILES string of the molecule is CS(=O)(=O)OC(CCc1ccccc1)Cn1ccnc1. The van der Waals surface area contributed by atoms with Crippen LogP contribution >= 0.6 is 0 Å². The predicted molar refractivity (Wildman–Crippen MR) is 76.7 cm³/mol. The van der Waals surface area contributed by atoms with E-state index in [9.17, 15) is 8.42 Å². The maximum Gasteiger partial charge on any atom is 0.264 e. The van der Waals surface area contributed by atoms with Gasteiger partial charge < -0.3 is 4.57 Å². The molecule has 0 radical (unpaired) electrons. The predicted octanol–water partition coefficient (Wildman–Crippen LogP) is 1.86. The Morgan fingerprint density at radius 3 is 2.65 bits per heavy atom. The van der Waals surface area contributed by atoms with E-state index in [0.29, 0.717) is 13.0 Å². The quantitative estimate of drug-likeness (QED) is 0.731. The summed E-state index contributed by atoms with van der Waals surface area (Å²) >= 11 is 0. The first kappa shape index (κ1) is 14.7. The highest BCUT2D eigenvalue weighted by atomic mass is 32.2. The van der Waals surface area contributed by atoms with Gasteiger partial charge in [-0.2, -0.15) is 8.42 Å². The van der Waals surface area contributed by atoms with Crippen LogP contribution in [0.25, 0.3) is 0 Å². The van der Waals surface area contributed by atoms with Crippen molar-refractivity contribution in [3.05, 3.63) is 54.6 Å².